The normalized spacial score (nSPS) is 24.6. The smallest absolute Gasteiger partial charge is 0.123 e. The topological polar surface area (TPSA) is 12.5 Å². The highest BCUT2D eigenvalue weighted by atomic mass is 19.1. The lowest BCUT2D eigenvalue weighted by Gasteiger charge is -2.40. The minimum Gasteiger partial charge on any atom is -0.365 e. The van der Waals surface area contributed by atoms with Gasteiger partial charge in [-0.05, 0) is 67.5 Å². The summed E-state index contributed by atoms with van der Waals surface area (Å²) in [7, 11) is 0. The van der Waals surface area contributed by atoms with Crippen LogP contribution in [0.1, 0.15) is 49.3 Å². The van der Waals surface area contributed by atoms with Gasteiger partial charge in [0.15, 0.2) is 0 Å². The Kier molecular flexibility index (Phi) is 5.88. The molecule has 2 aromatic rings. The Hall–Kier alpha value is -2.04. The standard InChI is InChI=1S/C24H27F2NO/c1-2-3-14-27-21-12-13-22(27)16-23(15-21)28-24(17-4-8-19(25)9-5-17)18-6-10-20(26)11-7-18/h2,4-11,21-24H,1,3,12-16H2. The third kappa shape index (κ3) is 4.18. The first-order valence-electron chi connectivity index (χ1n) is 10.2. The van der Waals surface area contributed by atoms with Crippen molar-refractivity contribution >= 4 is 0 Å². The second-order valence-corrected chi connectivity index (χ2v) is 7.91. The Morgan fingerprint density at radius 2 is 1.43 bits per heavy atom. The minimum absolute atomic E-state index is 0.151. The van der Waals surface area contributed by atoms with E-state index >= 15 is 0 Å². The summed E-state index contributed by atoms with van der Waals surface area (Å²) >= 11 is 0. The van der Waals surface area contributed by atoms with Crippen LogP contribution in [0.25, 0.3) is 0 Å². The van der Waals surface area contributed by atoms with Crippen molar-refractivity contribution in [1.29, 1.82) is 0 Å². The highest BCUT2D eigenvalue weighted by Crippen LogP contribution is 2.39. The van der Waals surface area contributed by atoms with E-state index in [4.69, 9.17) is 4.74 Å². The fraction of sp³-hybridized carbons (Fsp3) is 0.417. The first-order valence-corrected chi connectivity index (χ1v) is 10.2. The van der Waals surface area contributed by atoms with Gasteiger partial charge in [-0.2, -0.15) is 0 Å². The van der Waals surface area contributed by atoms with Crippen molar-refractivity contribution < 1.29 is 13.5 Å². The first kappa shape index (κ1) is 19.3. The monoisotopic (exact) mass is 383 g/mol. The van der Waals surface area contributed by atoms with E-state index in [9.17, 15) is 8.78 Å². The minimum atomic E-state index is -0.315. The predicted molar refractivity (Wildman–Crippen MR) is 107 cm³/mol. The number of piperidine rings is 1. The lowest BCUT2D eigenvalue weighted by molar-refractivity contribution is -0.0478. The molecule has 0 aliphatic carbocycles. The maximum atomic E-state index is 13.4. The van der Waals surface area contributed by atoms with E-state index in [2.05, 4.69) is 11.5 Å². The number of rotatable bonds is 7. The van der Waals surface area contributed by atoms with Crippen LogP contribution in [0, 0.1) is 11.6 Å². The van der Waals surface area contributed by atoms with E-state index in [-0.39, 0.29) is 23.8 Å². The van der Waals surface area contributed by atoms with Crippen LogP contribution in [0.3, 0.4) is 0 Å². The predicted octanol–water partition coefficient (Wildman–Crippen LogP) is 5.64. The molecule has 4 heteroatoms. The molecule has 2 atom stereocenters. The van der Waals surface area contributed by atoms with Gasteiger partial charge in [0.1, 0.15) is 17.7 Å². The summed E-state index contributed by atoms with van der Waals surface area (Å²) in [6, 6.07) is 14.0. The van der Waals surface area contributed by atoms with Crippen LogP contribution in [0.2, 0.25) is 0 Å². The molecule has 148 valence electrons. The Labute approximate surface area is 165 Å². The molecular weight excluding hydrogens is 356 g/mol. The summed E-state index contributed by atoms with van der Waals surface area (Å²) in [5.41, 5.74) is 1.80. The molecule has 0 radical (unpaired) electrons. The van der Waals surface area contributed by atoms with E-state index in [1.54, 1.807) is 24.3 Å². The van der Waals surface area contributed by atoms with Crippen molar-refractivity contribution in [3.8, 4) is 0 Å². The number of hydrogen-bond acceptors (Lipinski definition) is 2. The van der Waals surface area contributed by atoms with Crippen LogP contribution in [0.15, 0.2) is 61.2 Å². The molecule has 2 bridgehead atoms. The number of fused-ring (bicyclic) bond motifs is 2. The van der Waals surface area contributed by atoms with Gasteiger partial charge >= 0.3 is 0 Å². The van der Waals surface area contributed by atoms with Gasteiger partial charge in [0.25, 0.3) is 0 Å². The second-order valence-electron chi connectivity index (χ2n) is 7.91. The molecule has 4 rings (SSSR count). The van der Waals surface area contributed by atoms with Crippen molar-refractivity contribution in [3.05, 3.63) is 83.9 Å². The summed E-state index contributed by atoms with van der Waals surface area (Å²) in [4.78, 5) is 2.62. The first-order chi connectivity index (χ1) is 13.6. The molecule has 0 spiro atoms. The molecule has 0 amide bonds. The van der Waals surface area contributed by atoms with Gasteiger partial charge in [0.05, 0.1) is 6.10 Å². The Balaban J connectivity index is 1.53. The maximum Gasteiger partial charge on any atom is 0.123 e. The zero-order chi connectivity index (χ0) is 19.5. The third-order valence-electron chi connectivity index (χ3n) is 6.11. The fourth-order valence-electron chi connectivity index (χ4n) is 4.76. The third-order valence-corrected chi connectivity index (χ3v) is 6.11. The molecule has 2 aliphatic heterocycles. The van der Waals surface area contributed by atoms with Crippen LogP contribution >= 0.6 is 0 Å². The molecule has 2 nitrogen and oxygen atoms in total. The van der Waals surface area contributed by atoms with Crippen LogP contribution in [-0.2, 0) is 4.74 Å². The van der Waals surface area contributed by atoms with Crippen LogP contribution in [0.4, 0.5) is 8.78 Å². The molecule has 2 saturated heterocycles. The van der Waals surface area contributed by atoms with Crippen molar-refractivity contribution in [1.82, 2.24) is 4.90 Å². The van der Waals surface area contributed by atoms with Crippen molar-refractivity contribution in [2.24, 2.45) is 0 Å². The lowest BCUT2D eigenvalue weighted by atomic mass is 9.97. The molecule has 2 unspecified atom stereocenters. The summed E-state index contributed by atoms with van der Waals surface area (Å²) in [6.45, 7) is 4.92. The molecule has 0 N–H and O–H groups in total. The van der Waals surface area contributed by atoms with E-state index in [1.165, 1.54) is 37.1 Å². The number of ether oxygens (including phenoxy) is 1. The zero-order valence-corrected chi connectivity index (χ0v) is 16.1. The number of nitrogens with zero attached hydrogens (tertiary/aromatic N) is 1. The molecule has 28 heavy (non-hydrogen) atoms. The summed E-state index contributed by atoms with van der Waals surface area (Å²) < 4.78 is 33.4. The van der Waals surface area contributed by atoms with Crippen molar-refractivity contribution in [3.63, 3.8) is 0 Å². The highest BCUT2D eigenvalue weighted by Gasteiger charge is 2.41. The molecule has 2 fully saturated rings. The quantitative estimate of drug-likeness (QED) is 0.574. The van der Waals surface area contributed by atoms with Gasteiger partial charge in [0, 0.05) is 18.6 Å². The van der Waals surface area contributed by atoms with Gasteiger partial charge in [-0.1, -0.05) is 30.3 Å². The largest absolute Gasteiger partial charge is 0.365 e. The average Bonchev–Trinajstić information content (AvgIpc) is 2.94. The number of benzene rings is 2. The molecule has 0 saturated carbocycles. The van der Waals surface area contributed by atoms with Gasteiger partial charge in [-0.15, -0.1) is 6.58 Å². The highest BCUT2D eigenvalue weighted by molar-refractivity contribution is 5.30. The SMILES string of the molecule is C=CCCN1C2CCC1CC(OC(c1ccc(F)cc1)c1ccc(F)cc1)C2. The number of halogens is 2. The van der Waals surface area contributed by atoms with Crippen LogP contribution in [-0.4, -0.2) is 29.6 Å². The summed E-state index contributed by atoms with van der Waals surface area (Å²) in [5.74, 6) is -0.537. The van der Waals surface area contributed by atoms with Crippen molar-refractivity contribution in [2.45, 2.75) is 56.4 Å². The van der Waals surface area contributed by atoms with E-state index in [1.807, 2.05) is 6.08 Å². The number of hydrogen-bond donors (Lipinski definition) is 0. The fourth-order valence-corrected chi connectivity index (χ4v) is 4.76. The van der Waals surface area contributed by atoms with Gasteiger partial charge in [-0.3, -0.25) is 4.90 Å². The lowest BCUT2D eigenvalue weighted by Crippen LogP contribution is -2.46. The summed E-state index contributed by atoms with van der Waals surface area (Å²) in [5, 5.41) is 0. The zero-order valence-electron chi connectivity index (χ0n) is 16.1. The molecule has 2 aromatic carbocycles. The Morgan fingerprint density at radius 3 is 1.89 bits per heavy atom. The average molecular weight is 383 g/mol. The Morgan fingerprint density at radius 1 is 0.929 bits per heavy atom. The van der Waals surface area contributed by atoms with E-state index < -0.39 is 0 Å². The molecular formula is C24H27F2NO. The van der Waals surface area contributed by atoms with E-state index in [0.29, 0.717) is 12.1 Å². The van der Waals surface area contributed by atoms with Gasteiger partial charge in [-0.25, -0.2) is 8.78 Å². The maximum absolute atomic E-state index is 13.4. The summed E-state index contributed by atoms with van der Waals surface area (Å²) in [6.07, 6.45) is 7.30. The molecule has 2 aliphatic rings. The van der Waals surface area contributed by atoms with Crippen LogP contribution in [0.5, 0.6) is 0 Å². The Bertz CT molecular complexity index is 730. The van der Waals surface area contributed by atoms with Gasteiger partial charge < -0.3 is 4.74 Å². The van der Waals surface area contributed by atoms with Crippen molar-refractivity contribution in [2.75, 3.05) is 6.54 Å². The second kappa shape index (κ2) is 8.54. The van der Waals surface area contributed by atoms with Crippen LogP contribution < -0.4 is 0 Å². The van der Waals surface area contributed by atoms with E-state index in [0.717, 1.165) is 36.9 Å². The van der Waals surface area contributed by atoms with Gasteiger partial charge in [0.2, 0.25) is 0 Å². The molecule has 0 aromatic heterocycles. The molecule has 2 heterocycles.